The van der Waals surface area contributed by atoms with Gasteiger partial charge in [0.15, 0.2) is 29.3 Å². The molecule has 0 bridgehead atoms. The molecule has 14 heteroatoms. The number of tetrazole rings is 1. The molecule has 220 valence electrons. The van der Waals surface area contributed by atoms with Gasteiger partial charge in [-0.25, -0.2) is 19.4 Å². The number of amides is 1. The summed E-state index contributed by atoms with van der Waals surface area (Å²) in [6, 6.07) is 0.280. The number of hydroxylamine groups is 1. The van der Waals surface area contributed by atoms with Crippen molar-refractivity contribution in [3.8, 4) is 0 Å². The number of hydrogen-bond acceptors (Lipinski definition) is 11. The highest BCUT2D eigenvalue weighted by atomic mass is 16.7. The van der Waals surface area contributed by atoms with E-state index in [1.807, 2.05) is 7.05 Å². The molecule has 1 amide bonds. The first kappa shape index (κ1) is 26.4. The van der Waals surface area contributed by atoms with E-state index in [1.165, 1.54) is 44.9 Å². The van der Waals surface area contributed by atoms with Crippen LogP contribution in [0.1, 0.15) is 95.5 Å². The summed E-state index contributed by atoms with van der Waals surface area (Å²) in [4.78, 5) is 34.2. The van der Waals surface area contributed by atoms with Crippen LogP contribution < -0.4 is 21.0 Å². The maximum absolute atomic E-state index is 11.8. The van der Waals surface area contributed by atoms with Gasteiger partial charge in [-0.2, -0.15) is 4.98 Å². The van der Waals surface area contributed by atoms with E-state index in [1.54, 1.807) is 4.68 Å². The standard InChI is InChI=1S/C27H40N12O2/c1-15-9-11-17(12-10-15)14-39-20-21(28-16(2)18-6-4-7-18)29-23(24-32-27(40)41-34-24)30-22(20)31-26(39)38-13-5-8-19(38)25-33-35-36-37(25)3/h15-19,24,34H,4-14H2,1-3H3,(H,32,40)(H,28,29,30)/t15?,16-,17?,19+,24?/m1/s1. The van der Waals surface area contributed by atoms with Crippen molar-refractivity contribution in [3.63, 3.8) is 0 Å². The van der Waals surface area contributed by atoms with E-state index in [4.69, 9.17) is 19.8 Å². The highest BCUT2D eigenvalue weighted by molar-refractivity contribution is 5.86. The van der Waals surface area contributed by atoms with Crippen LogP contribution in [0.15, 0.2) is 0 Å². The zero-order chi connectivity index (χ0) is 28.1. The van der Waals surface area contributed by atoms with Crippen LogP contribution in [0.25, 0.3) is 11.2 Å². The highest BCUT2D eigenvalue weighted by Crippen LogP contribution is 2.40. The van der Waals surface area contributed by atoms with E-state index in [2.05, 4.69) is 55.0 Å². The largest absolute Gasteiger partial charge is 0.427 e. The van der Waals surface area contributed by atoms with Gasteiger partial charge in [0.2, 0.25) is 5.95 Å². The fourth-order valence-electron chi connectivity index (χ4n) is 6.91. The second-order valence-corrected chi connectivity index (χ2v) is 12.5. The molecule has 4 fully saturated rings. The minimum atomic E-state index is -0.649. The van der Waals surface area contributed by atoms with Crippen molar-refractivity contribution in [1.29, 1.82) is 0 Å². The molecule has 14 nitrogen and oxygen atoms in total. The second-order valence-electron chi connectivity index (χ2n) is 12.5. The molecule has 2 aliphatic heterocycles. The summed E-state index contributed by atoms with van der Waals surface area (Å²) in [6.45, 7) is 6.31. The summed E-state index contributed by atoms with van der Waals surface area (Å²) < 4.78 is 4.12. The van der Waals surface area contributed by atoms with Crippen LogP contribution >= 0.6 is 0 Å². The van der Waals surface area contributed by atoms with E-state index < -0.39 is 12.3 Å². The maximum Gasteiger partial charge on any atom is 0.427 e. The van der Waals surface area contributed by atoms with Crippen molar-refractivity contribution in [2.75, 3.05) is 16.8 Å². The average Bonchev–Trinajstić information content (AvgIpc) is 3.71. The summed E-state index contributed by atoms with van der Waals surface area (Å²) in [5.41, 5.74) is 4.24. The van der Waals surface area contributed by atoms with Crippen LogP contribution in [-0.2, 0) is 18.4 Å². The van der Waals surface area contributed by atoms with Crippen molar-refractivity contribution in [3.05, 3.63) is 11.6 Å². The van der Waals surface area contributed by atoms with Crippen molar-refractivity contribution >= 4 is 29.0 Å². The first-order valence-electron chi connectivity index (χ1n) is 15.2. The van der Waals surface area contributed by atoms with E-state index in [-0.39, 0.29) is 12.1 Å². The van der Waals surface area contributed by atoms with E-state index >= 15 is 0 Å². The third-order valence-electron chi connectivity index (χ3n) is 9.65. The molecule has 4 aliphatic rings. The van der Waals surface area contributed by atoms with Crippen molar-refractivity contribution in [1.82, 2.24) is 50.5 Å². The lowest BCUT2D eigenvalue weighted by Gasteiger charge is -2.33. The molecular weight excluding hydrogens is 524 g/mol. The topological polar surface area (TPSA) is 153 Å². The maximum atomic E-state index is 11.8. The molecule has 3 aromatic rings. The van der Waals surface area contributed by atoms with Gasteiger partial charge < -0.3 is 19.6 Å². The molecule has 2 aliphatic carbocycles. The van der Waals surface area contributed by atoms with Crippen molar-refractivity contribution < 1.29 is 9.63 Å². The number of carbonyl (C=O) groups is 1. The molecular formula is C27H40N12O2. The summed E-state index contributed by atoms with van der Waals surface area (Å²) in [5.74, 6) is 4.84. The Hall–Kier alpha value is -3.55. The van der Waals surface area contributed by atoms with Crippen LogP contribution in [0.5, 0.6) is 0 Å². The van der Waals surface area contributed by atoms with Gasteiger partial charge in [0.1, 0.15) is 5.52 Å². The van der Waals surface area contributed by atoms with Crippen LogP contribution in [0.4, 0.5) is 16.6 Å². The Morgan fingerprint density at radius 1 is 1.07 bits per heavy atom. The number of imidazole rings is 1. The number of anilines is 2. The molecule has 0 spiro atoms. The van der Waals surface area contributed by atoms with Crippen LogP contribution in [0.2, 0.25) is 0 Å². The normalized spacial score (nSPS) is 27.6. The Morgan fingerprint density at radius 2 is 1.90 bits per heavy atom. The van der Waals surface area contributed by atoms with Gasteiger partial charge >= 0.3 is 6.09 Å². The number of nitrogens with one attached hydrogen (secondary N) is 3. The molecule has 2 saturated carbocycles. The molecule has 3 N–H and O–H groups in total. The van der Waals surface area contributed by atoms with E-state index in [9.17, 15) is 4.79 Å². The molecule has 0 aromatic carbocycles. The molecule has 1 unspecified atom stereocenters. The quantitative estimate of drug-likeness (QED) is 0.369. The third kappa shape index (κ3) is 4.95. The van der Waals surface area contributed by atoms with Gasteiger partial charge in [-0.05, 0) is 73.6 Å². The van der Waals surface area contributed by atoms with Crippen LogP contribution in [0.3, 0.4) is 0 Å². The number of fused-ring (bicyclic) bond motifs is 1. The molecule has 41 heavy (non-hydrogen) atoms. The van der Waals surface area contributed by atoms with Gasteiger partial charge in [-0.1, -0.05) is 26.2 Å². The summed E-state index contributed by atoms with van der Waals surface area (Å²) in [5, 5.41) is 18.9. The summed E-state index contributed by atoms with van der Waals surface area (Å²) in [6.07, 6.45) is 9.39. The molecule has 5 heterocycles. The number of aryl methyl sites for hydroxylation is 1. The minimum Gasteiger partial charge on any atom is -0.365 e. The minimum absolute atomic E-state index is 0.0267. The molecule has 3 atom stereocenters. The lowest BCUT2D eigenvalue weighted by Crippen LogP contribution is -2.32. The van der Waals surface area contributed by atoms with Gasteiger partial charge in [-0.3, -0.25) is 5.32 Å². The Kier molecular flexibility index (Phi) is 6.87. The number of hydrogen-bond donors (Lipinski definition) is 3. The fourth-order valence-corrected chi connectivity index (χ4v) is 6.91. The SMILES string of the molecule is CC1CCC(Cn2c(N3CCC[C@H]3c3nnnn3C)nc3nc(C4NOC(=O)N4)nc(N[C@H](C)C4CCC4)c32)CC1. The van der Waals surface area contributed by atoms with Crippen LogP contribution in [-0.4, -0.2) is 58.4 Å². The number of nitrogens with zero attached hydrogens (tertiary/aromatic N) is 9. The zero-order valence-electron chi connectivity index (χ0n) is 24.1. The van der Waals surface area contributed by atoms with Gasteiger partial charge in [-0.15, -0.1) is 10.6 Å². The molecule has 7 rings (SSSR count). The highest BCUT2D eigenvalue weighted by Gasteiger charge is 2.36. The predicted octanol–water partition coefficient (Wildman–Crippen LogP) is 3.36. The number of rotatable bonds is 8. The van der Waals surface area contributed by atoms with E-state index in [0.717, 1.165) is 55.0 Å². The second kappa shape index (κ2) is 10.7. The average molecular weight is 565 g/mol. The zero-order valence-corrected chi connectivity index (χ0v) is 24.1. The number of aromatic nitrogens is 8. The van der Waals surface area contributed by atoms with Crippen molar-refractivity contribution in [2.24, 2.45) is 24.8 Å². The lowest BCUT2D eigenvalue weighted by atomic mass is 9.80. The Balaban J connectivity index is 1.35. The summed E-state index contributed by atoms with van der Waals surface area (Å²) >= 11 is 0. The molecule has 3 aromatic heterocycles. The Labute approximate surface area is 239 Å². The molecule has 2 saturated heterocycles. The first-order valence-corrected chi connectivity index (χ1v) is 15.2. The lowest BCUT2D eigenvalue weighted by molar-refractivity contribution is 0.120. The van der Waals surface area contributed by atoms with Gasteiger partial charge in [0.05, 0.1) is 6.04 Å². The monoisotopic (exact) mass is 564 g/mol. The molecule has 0 radical (unpaired) electrons. The van der Waals surface area contributed by atoms with Crippen LogP contribution in [0, 0.1) is 17.8 Å². The fraction of sp³-hybridized carbons (Fsp3) is 0.741. The third-order valence-corrected chi connectivity index (χ3v) is 9.65. The summed E-state index contributed by atoms with van der Waals surface area (Å²) in [7, 11) is 1.89. The smallest absolute Gasteiger partial charge is 0.365 e. The van der Waals surface area contributed by atoms with Gasteiger partial charge in [0, 0.05) is 26.2 Å². The van der Waals surface area contributed by atoms with Gasteiger partial charge in [0.25, 0.3) is 0 Å². The van der Waals surface area contributed by atoms with Crippen molar-refractivity contribution in [2.45, 2.75) is 96.4 Å². The number of carbonyl (C=O) groups excluding carboxylic acids is 1. The predicted molar refractivity (Wildman–Crippen MR) is 150 cm³/mol. The Bertz CT molecular complexity index is 1410. The first-order chi connectivity index (χ1) is 19.9. The van der Waals surface area contributed by atoms with E-state index in [0.29, 0.717) is 23.3 Å². The Morgan fingerprint density at radius 3 is 2.59 bits per heavy atom.